The predicted molar refractivity (Wildman–Crippen MR) is 113 cm³/mol. The molecule has 1 aromatic carbocycles. The predicted octanol–water partition coefficient (Wildman–Crippen LogP) is 3.80. The molecule has 0 aliphatic heterocycles. The number of nitro benzene ring substituents is 1. The number of hydrogen-bond donors (Lipinski definition) is 0. The van der Waals surface area contributed by atoms with Crippen LogP contribution in [0.3, 0.4) is 0 Å². The number of rotatable bonds is 7. The van der Waals surface area contributed by atoms with Gasteiger partial charge >= 0.3 is 10.1 Å². The Labute approximate surface area is 175 Å². The summed E-state index contributed by atoms with van der Waals surface area (Å²) in [5.41, 5.74) is 2.42. The minimum Gasteiger partial charge on any atom is -0.361 e. The van der Waals surface area contributed by atoms with Gasteiger partial charge in [0, 0.05) is 18.7 Å². The van der Waals surface area contributed by atoms with E-state index < -0.39 is 26.1 Å². The van der Waals surface area contributed by atoms with Crippen molar-refractivity contribution < 1.29 is 22.3 Å². The second kappa shape index (κ2) is 8.39. The monoisotopic (exact) mass is 435 g/mol. The van der Waals surface area contributed by atoms with Gasteiger partial charge in [-0.15, -0.1) is 0 Å². The molecule has 0 saturated heterocycles. The van der Waals surface area contributed by atoms with Crippen LogP contribution in [-0.4, -0.2) is 34.2 Å². The van der Waals surface area contributed by atoms with Crippen LogP contribution in [0.1, 0.15) is 61.7 Å². The Morgan fingerprint density at radius 3 is 2.30 bits per heavy atom. The normalized spacial score (nSPS) is 11.5. The van der Waals surface area contributed by atoms with Crippen molar-refractivity contribution in [1.29, 1.82) is 0 Å². The molecule has 1 heterocycles. The highest BCUT2D eigenvalue weighted by Gasteiger charge is 2.29. The summed E-state index contributed by atoms with van der Waals surface area (Å²) < 4.78 is 30.7. The first kappa shape index (κ1) is 23.3. The average molecular weight is 436 g/mol. The van der Waals surface area contributed by atoms with Crippen LogP contribution in [0.15, 0.2) is 23.9 Å². The summed E-state index contributed by atoms with van der Waals surface area (Å²) in [4.78, 5) is 24.3. The number of ketones is 1. The van der Waals surface area contributed by atoms with Gasteiger partial charge in [-0.3, -0.25) is 14.9 Å². The van der Waals surface area contributed by atoms with Crippen LogP contribution in [0.5, 0.6) is 5.88 Å². The number of aryl methyl sites for hydroxylation is 1. The maximum atomic E-state index is 13.3. The second-order valence-corrected chi connectivity index (χ2v) is 9.55. The molecule has 0 atom stereocenters. The van der Waals surface area contributed by atoms with Crippen molar-refractivity contribution in [3.8, 4) is 5.88 Å². The smallest absolute Gasteiger partial charge is 0.313 e. The third-order valence-electron chi connectivity index (χ3n) is 4.91. The van der Waals surface area contributed by atoms with Crippen molar-refractivity contribution in [3.05, 3.63) is 56.3 Å². The molecule has 0 radical (unpaired) electrons. The highest BCUT2D eigenvalue weighted by Crippen LogP contribution is 2.34. The van der Waals surface area contributed by atoms with Crippen LogP contribution in [0.25, 0.3) is 5.57 Å². The Balaban J connectivity index is 2.69. The fourth-order valence-electron chi connectivity index (χ4n) is 2.85. The summed E-state index contributed by atoms with van der Waals surface area (Å²) in [6, 6.07) is 2.65. The minimum absolute atomic E-state index is 0.0421. The van der Waals surface area contributed by atoms with Crippen molar-refractivity contribution in [3.63, 3.8) is 0 Å². The molecule has 2 aromatic rings. The zero-order chi connectivity index (χ0) is 23.0. The lowest BCUT2D eigenvalue weighted by Gasteiger charge is -2.14. The van der Waals surface area contributed by atoms with Gasteiger partial charge in [0.05, 0.1) is 21.9 Å². The first-order chi connectivity index (χ1) is 13.8. The van der Waals surface area contributed by atoms with Gasteiger partial charge in [0.2, 0.25) is 5.88 Å². The van der Waals surface area contributed by atoms with Crippen molar-refractivity contribution in [1.82, 2.24) is 9.78 Å². The van der Waals surface area contributed by atoms with Gasteiger partial charge in [0.1, 0.15) is 5.56 Å². The summed E-state index contributed by atoms with van der Waals surface area (Å²) in [5.74, 6) is -0.737. The zero-order valence-electron chi connectivity index (χ0n) is 18.0. The van der Waals surface area contributed by atoms with Crippen LogP contribution >= 0.6 is 0 Å². The van der Waals surface area contributed by atoms with Crippen LogP contribution in [0.2, 0.25) is 0 Å². The van der Waals surface area contributed by atoms with Gasteiger partial charge < -0.3 is 4.18 Å². The number of carbonyl (C=O) groups is 1. The Bertz CT molecular complexity index is 1160. The van der Waals surface area contributed by atoms with Crippen LogP contribution < -0.4 is 4.18 Å². The van der Waals surface area contributed by atoms with Crippen LogP contribution in [-0.2, 0) is 17.2 Å². The van der Waals surface area contributed by atoms with E-state index in [2.05, 4.69) is 5.10 Å². The summed E-state index contributed by atoms with van der Waals surface area (Å²) in [5, 5.41) is 14.7. The van der Waals surface area contributed by atoms with Gasteiger partial charge in [0.15, 0.2) is 5.78 Å². The third-order valence-corrected chi connectivity index (χ3v) is 6.46. The molecule has 0 unspecified atom stereocenters. The number of carbonyl (C=O) groups excluding carboxylic acids is 1. The standard InChI is InChI=1S/C20H25N3O6S/c1-11(2)13(5)18-14(6)15(8-9-17(18)23(25)26)19(24)16-10-21-22(7)20(16)29-30(27,28)12(3)4/h8-10,12H,1-7H3. The van der Waals surface area contributed by atoms with Crippen molar-refractivity contribution in [2.45, 2.75) is 46.8 Å². The van der Waals surface area contributed by atoms with Gasteiger partial charge in [-0.2, -0.15) is 13.5 Å². The lowest BCUT2D eigenvalue weighted by Crippen LogP contribution is -2.22. The molecular weight excluding hydrogens is 410 g/mol. The Morgan fingerprint density at radius 2 is 1.80 bits per heavy atom. The molecule has 0 aliphatic rings. The Kier molecular flexibility index (Phi) is 6.51. The van der Waals surface area contributed by atoms with Crippen LogP contribution in [0.4, 0.5) is 5.69 Å². The topological polar surface area (TPSA) is 121 Å². The van der Waals surface area contributed by atoms with E-state index in [1.54, 1.807) is 13.8 Å². The summed E-state index contributed by atoms with van der Waals surface area (Å²) in [7, 11) is -2.49. The molecule has 0 bridgehead atoms. The molecule has 1 aromatic heterocycles. The fourth-order valence-corrected chi connectivity index (χ4v) is 3.46. The average Bonchev–Trinajstić information content (AvgIpc) is 2.99. The largest absolute Gasteiger partial charge is 0.361 e. The van der Waals surface area contributed by atoms with E-state index in [-0.39, 0.29) is 22.7 Å². The first-order valence-corrected chi connectivity index (χ1v) is 10.7. The van der Waals surface area contributed by atoms with Crippen molar-refractivity contribution in [2.75, 3.05) is 0 Å². The number of allylic oxidation sites excluding steroid dienone is 2. The molecule has 10 heteroatoms. The zero-order valence-corrected chi connectivity index (χ0v) is 18.8. The Hall–Kier alpha value is -3.01. The maximum Gasteiger partial charge on any atom is 0.313 e. The first-order valence-electron chi connectivity index (χ1n) is 9.22. The van der Waals surface area contributed by atoms with Gasteiger partial charge in [0.25, 0.3) is 5.69 Å². The van der Waals surface area contributed by atoms with E-state index in [1.807, 2.05) is 13.8 Å². The highest BCUT2D eigenvalue weighted by atomic mass is 32.2. The SMILES string of the molecule is CC(C)=C(C)c1c([N+](=O)[O-])ccc(C(=O)c2cnn(C)c2OS(=O)(=O)C(C)C)c1C. The molecule has 0 N–H and O–H groups in total. The van der Waals surface area contributed by atoms with E-state index in [9.17, 15) is 23.3 Å². The molecule has 30 heavy (non-hydrogen) atoms. The molecule has 0 saturated carbocycles. The van der Waals surface area contributed by atoms with Crippen molar-refractivity contribution in [2.24, 2.45) is 7.05 Å². The maximum absolute atomic E-state index is 13.3. The van der Waals surface area contributed by atoms with Gasteiger partial charge in [-0.1, -0.05) is 5.57 Å². The van der Waals surface area contributed by atoms with E-state index >= 15 is 0 Å². The Morgan fingerprint density at radius 1 is 1.20 bits per heavy atom. The number of benzene rings is 1. The quantitative estimate of drug-likeness (QED) is 0.281. The summed E-state index contributed by atoms with van der Waals surface area (Å²) in [6.07, 6.45) is 1.22. The number of nitrogens with zero attached hydrogens (tertiary/aromatic N) is 3. The number of hydrogen-bond acceptors (Lipinski definition) is 7. The molecule has 0 spiro atoms. The second-order valence-electron chi connectivity index (χ2n) is 7.46. The van der Waals surface area contributed by atoms with E-state index in [4.69, 9.17) is 4.18 Å². The van der Waals surface area contributed by atoms with Gasteiger partial charge in [-0.25, -0.2) is 4.68 Å². The van der Waals surface area contributed by atoms with Crippen LogP contribution in [0, 0.1) is 17.0 Å². The molecule has 9 nitrogen and oxygen atoms in total. The molecule has 0 aliphatic carbocycles. The highest BCUT2D eigenvalue weighted by molar-refractivity contribution is 7.87. The third kappa shape index (κ3) is 4.28. The number of aromatic nitrogens is 2. The summed E-state index contributed by atoms with van der Waals surface area (Å²) in [6.45, 7) is 9.97. The molecule has 162 valence electrons. The van der Waals surface area contributed by atoms with E-state index in [0.717, 1.165) is 10.3 Å². The number of nitro groups is 1. The fraction of sp³-hybridized carbons (Fsp3) is 0.400. The van der Waals surface area contributed by atoms with E-state index in [0.29, 0.717) is 16.7 Å². The lowest BCUT2D eigenvalue weighted by atomic mass is 9.90. The molecule has 2 rings (SSSR count). The lowest BCUT2D eigenvalue weighted by molar-refractivity contribution is -0.385. The molecular formula is C20H25N3O6S. The van der Waals surface area contributed by atoms with Crippen molar-refractivity contribution >= 4 is 27.2 Å². The van der Waals surface area contributed by atoms with E-state index in [1.165, 1.54) is 39.2 Å². The molecule has 0 amide bonds. The minimum atomic E-state index is -3.95. The summed E-state index contributed by atoms with van der Waals surface area (Å²) >= 11 is 0. The molecule has 0 fully saturated rings. The van der Waals surface area contributed by atoms with Gasteiger partial charge in [-0.05, 0) is 58.7 Å².